The summed E-state index contributed by atoms with van der Waals surface area (Å²) < 4.78 is 52.6. The third-order valence-corrected chi connectivity index (χ3v) is 11.5. The number of carbonyl (C=O) groups excluding carboxylic acids is 2. The molecule has 0 aromatic heterocycles. The van der Waals surface area contributed by atoms with E-state index in [4.69, 9.17) is 18.9 Å². The Bertz CT molecular complexity index is 1630. The van der Waals surface area contributed by atoms with Crippen LogP contribution in [0.5, 0.6) is 11.5 Å². The van der Waals surface area contributed by atoms with Crippen LogP contribution in [0.4, 0.5) is 9.59 Å². The van der Waals surface area contributed by atoms with Gasteiger partial charge < -0.3 is 49.5 Å². The van der Waals surface area contributed by atoms with E-state index in [9.17, 15) is 28.2 Å². The SMILES string of the molecule is CC(C)(CCCCNC(=O)NC(C)(C)C)CN(C[C@@H](O)[C@H](Cc1ccccc1)N(C(=O)[O-])[C@H]1CO[C@H]2OCC[C@H]21)S(=O)(=O)c1ccc2c(c1)OCO2. The molecule has 5 atom stereocenters. The highest BCUT2D eigenvalue weighted by atomic mass is 32.2. The summed E-state index contributed by atoms with van der Waals surface area (Å²) in [5.74, 6) is 0.476. The first-order valence-corrected chi connectivity index (χ1v) is 19.4. The third kappa shape index (κ3) is 10.1. The lowest BCUT2D eigenvalue weighted by Gasteiger charge is -2.43. The third-order valence-electron chi connectivity index (χ3n) is 9.70. The molecule has 3 N–H and O–H groups in total. The number of aliphatic hydroxyl groups is 1. The van der Waals surface area contributed by atoms with Gasteiger partial charge in [-0.15, -0.1) is 0 Å². The van der Waals surface area contributed by atoms with Gasteiger partial charge in [0.15, 0.2) is 17.8 Å². The Hall–Kier alpha value is -3.63. The second kappa shape index (κ2) is 16.6. The summed E-state index contributed by atoms with van der Waals surface area (Å²) in [4.78, 5) is 26.2. The molecule has 2 aromatic rings. The van der Waals surface area contributed by atoms with E-state index in [2.05, 4.69) is 10.6 Å². The van der Waals surface area contributed by atoms with E-state index in [-0.39, 0.29) is 48.7 Å². The molecule has 2 fully saturated rings. The fourth-order valence-electron chi connectivity index (χ4n) is 7.16. The van der Waals surface area contributed by atoms with Crippen LogP contribution in [0.3, 0.4) is 0 Å². The van der Waals surface area contributed by atoms with Crippen LogP contribution in [0.2, 0.25) is 0 Å². The number of hydrogen-bond acceptors (Lipinski definition) is 10. The zero-order chi connectivity index (χ0) is 37.7. The number of benzene rings is 2. The molecule has 3 aliphatic rings. The number of nitrogens with zero attached hydrogens (tertiary/aromatic N) is 2. The minimum Gasteiger partial charge on any atom is -0.530 e. The molecular formula is C37H53N4O10S-. The average Bonchev–Trinajstić information content (AvgIpc) is 3.82. The normalized spacial score (nSPS) is 21.1. The van der Waals surface area contributed by atoms with Crippen LogP contribution in [-0.2, 0) is 25.9 Å². The Morgan fingerprint density at radius 2 is 1.75 bits per heavy atom. The molecule has 0 saturated carbocycles. The van der Waals surface area contributed by atoms with Gasteiger partial charge in [0.1, 0.15) is 6.09 Å². The highest BCUT2D eigenvalue weighted by molar-refractivity contribution is 7.89. The van der Waals surface area contributed by atoms with Crippen molar-refractivity contribution >= 4 is 22.1 Å². The molecule has 0 spiro atoms. The average molecular weight is 746 g/mol. The number of hydrogen-bond donors (Lipinski definition) is 3. The smallest absolute Gasteiger partial charge is 0.315 e. The highest BCUT2D eigenvalue weighted by Crippen LogP contribution is 2.38. The molecule has 0 radical (unpaired) electrons. The van der Waals surface area contributed by atoms with Crippen LogP contribution in [0.25, 0.3) is 0 Å². The van der Waals surface area contributed by atoms with Crippen molar-refractivity contribution in [1.82, 2.24) is 19.8 Å². The number of fused-ring (bicyclic) bond motifs is 2. The van der Waals surface area contributed by atoms with E-state index < -0.39 is 52.6 Å². The maximum atomic E-state index is 14.5. The van der Waals surface area contributed by atoms with Gasteiger partial charge in [0, 0.05) is 37.2 Å². The van der Waals surface area contributed by atoms with E-state index in [1.54, 1.807) is 0 Å². The molecule has 14 nitrogen and oxygen atoms in total. The van der Waals surface area contributed by atoms with Gasteiger partial charge in [-0.25, -0.2) is 13.2 Å². The summed E-state index contributed by atoms with van der Waals surface area (Å²) in [6.07, 6.45) is -0.794. The quantitative estimate of drug-likeness (QED) is 0.216. The number of ether oxygens (including phenoxy) is 4. The lowest BCUT2D eigenvalue weighted by atomic mass is 9.87. The van der Waals surface area contributed by atoms with E-state index in [0.717, 1.165) is 10.5 Å². The van der Waals surface area contributed by atoms with Crippen molar-refractivity contribution in [1.29, 1.82) is 0 Å². The minimum absolute atomic E-state index is 0.0211. The predicted molar refractivity (Wildman–Crippen MR) is 190 cm³/mol. The first-order chi connectivity index (χ1) is 24.5. The molecule has 3 heterocycles. The summed E-state index contributed by atoms with van der Waals surface area (Å²) in [6, 6.07) is 11.6. The van der Waals surface area contributed by atoms with Gasteiger partial charge in [0.2, 0.25) is 16.8 Å². The van der Waals surface area contributed by atoms with Crippen LogP contribution in [-0.4, -0.2) is 105 Å². The molecule has 3 amide bonds. The van der Waals surface area contributed by atoms with Gasteiger partial charge >= 0.3 is 6.03 Å². The maximum absolute atomic E-state index is 14.5. The molecule has 2 saturated heterocycles. The topological polar surface area (TPSA) is 179 Å². The number of unbranched alkanes of at least 4 members (excludes halogenated alkanes) is 1. The molecule has 15 heteroatoms. The van der Waals surface area contributed by atoms with Crippen molar-refractivity contribution < 1.29 is 47.2 Å². The van der Waals surface area contributed by atoms with Gasteiger partial charge in [-0.05, 0) is 69.6 Å². The number of aliphatic hydroxyl groups excluding tert-OH is 1. The second-order valence-electron chi connectivity index (χ2n) is 15.7. The fourth-order valence-corrected chi connectivity index (χ4v) is 8.82. The molecular weight excluding hydrogens is 692 g/mol. The first-order valence-electron chi connectivity index (χ1n) is 17.9. The number of carbonyl (C=O) groups is 2. The van der Waals surface area contributed by atoms with Crippen LogP contribution >= 0.6 is 0 Å². The largest absolute Gasteiger partial charge is 0.530 e. The van der Waals surface area contributed by atoms with Gasteiger partial charge in [0.25, 0.3) is 0 Å². The van der Waals surface area contributed by atoms with Crippen molar-refractivity contribution in [3.8, 4) is 11.5 Å². The Kier molecular flexibility index (Phi) is 12.6. The standard InChI is InChI=1S/C37H54N4O10S/c1-36(2,3)39-34(43)38-17-10-9-16-37(4,5)23-40(52(46,47)26-13-14-31-32(20-26)51-24-50-31)21-30(42)28(19-25-11-7-6-8-12-25)41(35(44)45)29-22-49-33-27(29)15-18-48-33/h6-8,11-14,20,27-30,33,42H,9-10,15-19,21-24H2,1-5H3,(H,44,45)(H2,38,39,43)/p-1/t27-,28-,29-,30+,33+/m0/s1. The van der Waals surface area contributed by atoms with Crippen molar-refractivity contribution in [2.75, 3.05) is 39.6 Å². The molecule has 0 aliphatic carbocycles. The Balaban J connectivity index is 1.39. The van der Waals surface area contributed by atoms with Gasteiger partial charge in [0.05, 0.1) is 36.3 Å². The molecule has 3 aliphatic heterocycles. The molecule has 288 valence electrons. The molecule has 0 unspecified atom stereocenters. The monoisotopic (exact) mass is 745 g/mol. The Morgan fingerprint density at radius 3 is 2.46 bits per heavy atom. The van der Waals surface area contributed by atoms with Crippen molar-refractivity contribution in [2.45, 2.75) is 102 Å². The second-order valence-corrected chi connectivity index (χ2v) is 17.6. The summed E-state index contributed by atoms with van der Waals surface area (Å²) in [5.41, 5.74) is -0.167. The lowest BCUT2D eigenvalue weighted by Crippen LogP contribution is -2.61. The predicted octanol–water partition coefficient (Wildman–Crippen LogP) is 3.08. The maximum Gasteiger partial charge on any atom is 0.315 e. The zero-order valence-corrected chi connectivity index (χ0v) is 31.5. The summed E-state index contributed by atoms with van der Waals surface area (Å²) >= 11 is 0. The summed E-state index contributed by atoms with van der Waals surface area (Å²) in [7, 11) is -4.25. The van der Waals surface area contributed by atoms with E-state index in [0.29, 0.717) is 50.3 Å². The van der Waals surface area contributed by atoms with E-state index >= 15 is 0 Å². The lowest BCUT2D eigenvalue weighted by molar-refractivity contribution is -0.273. The van der Waals surface area contributed by atoms with Crippen molar-refractivity contribution in [3.63, 3.8) is 0 Å². The van der Waals surface area contributed by atoms with Gasteiger partial charge in [-0.3, -0.25) is 0 Å². The van der Waals surface area contributed by atoms with Crippen LogP contribution in [0.15, 0.2) is 53.4 Å². The minimum atomic E-state index is -4.25. The van der Waals surface area contributed by atoms with Crippen LogP contribution in [0.1, 0.15) is 65.9 Å². The summed E-state index contributed by atoms with van der Waals surface area (Å²) in [6.45, 7) is 10.2. The zero-order valence-electron chi connectivity index (χ0n) is 30.7. The van der Waals surface area contributed by atoms with Crippen molar-refractivity contribution in [2.24, 2.45) is 11.3 Å². The number of rotatable bonds is 16. The molecule has 52 heavy (non-hydrogen) atoms. The number of urea groups is 1. The number of sulfonamides is 1. The van der Waals surface area contributed by atoms with E-state index in [1.165, 1.54) is 22.5 Å². The van der Waals surface area contributed by atoms with Gasteiger partial charge in [-0.1, -0.05) is 50.6 Å². The fraction of sp³-hybridized carbons (Fsp3) is 0.622. The van der Waals surface area contributed by atoms with Crippen molar-refractivity contribution in [3.05, 3.63) is 54.1 Å². The molecule has 2 aromatic carbocycles. The summed E-state index contributed by atoms with van der Waals surface area (Å²) in [5, 5.41) is 30.8. The number of amides is 3. The van der Waals surface area contributed by atoms with E-state index in [1.807, 2.05) is 65.0 Å². The van der Waals surface area contributed by atoms with Crippen LogP contribution in [0, 0.1) is 11.3 Å². The number of carboxylic acid groups (broad SMARTS) is 1. The van der Waals surface area contributed by atoms with Gasteiger partial charge in [-0.2, -0.15) is 4.31 Å². The number of nitrogens with one attached hydrogen (secondary N) is 2. The molecule has 5 rings (SSSR count). The molecule has 0 bridgehead atoms. The first kappa shape index (κ1) is 39.6. The Morgan fingerprint density at radius 1 is 1.02 bits per heavy atom. The van der Waals surface area contributed by atoms with Crippen LogP contribution < -0.4 is 25.2 Å². The Labute approximate surface area is 306 Å². The highest BCUT2D eigenvalue weighted by Gasteiger charge is 2.47.